The van der Waals surface area contributed by atoms with Crippen LogP contribution in [0.1, 0.15) is 6.92 Å². The average molecular weight is 460 g/mol. The standard InChI is InChI=1S/C11H18N4O10P2S/c1-11(17)8-9(12-3-14-11)15(4-13-8)10-7(28)6(16)5(24-10)2-23-27(21,22)25-26(18,19)20/h3,5-7,10,16-17,28H,2,4H2,1H3,(H,21,22)(H2,18,19,20)/t5-,6-,7-,10-,11?/m1/s1. The van der Waals surface area contributed by atoms with Crippen molar-refractivity contribution in [2.75, 3.05) is 13.3 Å². The molecule has 1 fully saturated rings. The number of nitrogens with zero attached hydrogens (tertiary/aromatic N) is 4. The second kappa shape index (κ2) is 7.52. The summed E-state index contributed by atoms with van der Waals surface area (Å²) < 4.78 is 36.0. The highest BCUT2D eigenvalue weighted by molar-refractivity contribution is 7.81. The van der Waals surface area contributed by atoms with E-state index in [0.717, 1.165) is 6.34 Å². The van der Waals surface area contributed by atoms with E-state index in [1.165, 1.54) is 11.8 Å². The van der Waals surface area contributed by atoms with E-state index in [1.807, 2.05) is 0 Å². The summed E-state index contributed by atoms with van der Waals surface area (Å²) in [6, 6.07) is 0. The molecular formula is C11H18N4O10P2S. The molecule has 3 rings (SSSR count). The number of hydrogen-bond acceptors (Lipinski definition) is 12. The van der Waals surface area contributed by atoms with Gasteiger partial charge in [0.25, 0.3) is 0 Å². The van der Waals surface area contributed by atoms with E-state index in [1.54, 1.807) is 0 Å². The Balaban J connectivity index is 1.67. The molecule has 0 spiro atoms. The number of phosphoric acid groups is 2. The molecule has 0 amide bonds. The lowest BCUT2D eigenvalue weighted by atomic mass is 10.1. The fourth-order valence-corrected chi connectivity index (χ4v) is 4.85. The van der Waals surface area contributed by atoms with Gasteiger partial charge in [0.15, 0.2) is 5.84 Å². The zero-order chi connectivity index (χ0) is 20.9. The molecule has 28 heavy (non-hydrogen) atoms. The number of ether oxygens (including phenoxy) is 1. The SMILES string of the molecule is CC1(O)N=CN=C2C1=NCN2[C@@H]1O[C@H](COP(=O)(O)OP(=O)(O)O)[C@@H](O)[C@H]1S. The molecule has 0 saturated carbocycles. The fraction of sp³-hybridized carbons (Fsp3) is 0.727. The number of rotatable bonds is 6. The summed E-state index contributed by atoms with van der Waals surface area (Å²) in [6.45, 7) is 0.755. The maximum Gasteiger partial charge on any atom is 0.481 e. The van der Waals surface area contributed by atoms with E-state index in [2.05, 4.69) is 36.4 Å². The van der Waals surface area contributed by atoms with Crippen molar-refractivity contribution in [2.45, 2.75) is 36.3 Å². The van der Waals surface area contributed by atoms with Crippen LogP contribution in [0.5, 0.6) is 0 Å². The summed E-state index contributed by atoms with van der Waals surface area (Å²) in [5.41, 5.74) is -1.36. The van der Waals surface area contributed by atoms with Gasteiger partial charge in [0.1, 0.15) is 31.1 Å². The Morgan fingerprint density at radius 1 is 1.43 bits per heavy atom. The van der Waals surface area contributed by atoms with Crippen LogP contribution in [-0.2, 0) is 22.7 Å². The summed E-state index contributed by atoms with van der Waals surface area (Å²) in [6.07, 6.45) is -2.18. The molecule has 2 unspecified atom stereocenters. The Morgan fingerprint density at radius 3 is 2.75 bits per heavy atom. The van der Waals surface area contributed by atoms with Gasteiger partial charge in [0.2, 0.25) is 5.72 Å². The van der Waals surface area contributed by atoms with Crippen molar-refractivity contribution >= 4 is 46.2 Å². The third kappa shape index (κ3) is 4.55. The van der Waals surface area contributed by atoms with Gasteiger partial charge in [-0.2, -0.15) is 16.9 Å². The molecule has 3 aliphatic rings. The molecule has 5 N–H and O–H groups in total. The van der Waals surface area contributed by atoms with Crippen LogP contribution in [0.15, 0.2) is 15.0 Å². The maximum absolute atomic E-state index is 11.5. The first kappa shape index (κ1) is 22.0. The molecule has 0 radical (unpaired) electrons. The minimum absolute atomic E-state index is 0.0372. The van der Waals surface area contributed by atoms with Crippen LogP contribution in [0, 0.1) is 0 Å². The molecular weight excluding hydrogens is 442 g/mol. The Labute approximate surface area is 163 Å². The van der Waals surface area contributed by atoms with E-state index >= 15 is 0 Å². The fourth-order valence-electron chi connectivity index (χ4n) is 2.83. The van der Waals surface area contributed by atoms with Crippen molar-refractivity contribution in [3.8, 4) is 0 Å². The molecule has 158 valence electrons. The van der Waals surface area contributed by atoms with Gasteiger partial charge in [-0.15, -0.1) is 0 Å². The van der Waals surface area contributed by atoms with Gasteiger partial charge in [0, 0.05) is 0 Å². The molecule has 0 aromatic carbocycles. The lowest BCUT2D eigenvalue weighted by molar-refractivity contribution is -0.0547. The number of aliphatic hydroxyl groups is 2. The molecule has 0 bridgehead atoms. The van der Waals surface area contributed by atoms with E-state index in [4.69, 9.17) is 14.5 Å². The zero-order valence-corrected chi connectivity index (χ0v) is 16.9. The van der Waals surface area contributed by atoms with E-state index in [9.17, 15) is 24.2 Å². The van der Waals surface area contributed by atoms with Gasteiger partial charge in [-0.3, -0.25) is 9.52 Å². The second-order valence-corrected chi connectivity index (χ2v) is 9.64. The molecule has 0 aliphatic carbocycles. The predicted octanol–water partition coefficient (Wildman–Crippen LogP) is -1.54. The summed E-state index contributed by atoms with van der Waals surface area (Å²) in [7, 11) is -10.4. The van der Waals surface area contributed by atoms with Crippen molar-refractivity contribution in [3.63, 3.8) is 0 Å². The van der Waals surface area contributed by atoms with Crippen LogP contribution in [-0.4, -0.2) is 90.4 Å². The van der Waals surface area contributed by atoms with Crippen LogP contribution in [0.3, 0.4) is 0 Å². The molecule has 6 atom stereocenters. The van der Waals surface area contributed by atoms with Gasteiger partial charge < -0.3 is 34.5 Å². The number of phosphoric ester groups is 1. The summed E-state index contributed by atoms with van der Waals surface area (Å²) in [5, 5.41) is 19.7. The number of amidine groups is 1. The van der Waals surface area contributed by atoms with Gasteiger partial charge in [-0.1, -0.05) is 0 Å². The average Bonchev–Trinajstić information content (AvgIpc) is 3.07. The number of thiol groups is 1. The number of fused-ring (bicyclic) bond motifs is 1. The van der Waals surface area contributed by atoms with Gasteiger partial charge in [-0.25, -0.2) is 19.1 Å². The Hall–Kier alpha value is -0.700. The lowest BCUT2D eigenvalue weighted by Gasteiger charge is -2.30. The molecule has 0 aromatic heterocycles. The largest absolute Gasteiger partial charge is 0.481 e. The first-order valence-electron chi connectivity index (χ1n) is 7.72. The Kier molecular flexibility index (Phi) is 5.91. The third-order valence-corrected chi connectivity index (χ3v) is 6.77. The highest BCUT2D eigenvalue weighted by Crippen LogP contribution is 2.57. The van der Waals surface area contributed by atoms with Crippen molar-refractivity contribution in [3.05, 3.63) is 0 Å². The van der Waals surface area contributed by atoms with Gasteiger partial charge >= 0.3 is 15.6 Å². The van der Waals surface area contributed by atoms with Gasteiger partial charge in [0.05, 0.1) is 18.0 Å². The topological polar surface area (TPSA) is 203 Å². The normalized spacial score (nSPS) is 37.5. The van der Waals surface area contributed by atoms with Gasteiger partial charge in [-0.05, 0) is 6.92 Å². The van der Waals surface area contributed by atoms with Crippen LogP contribution in [0.25, 0.3) is 0 Å². The first-order chi connectivity index (χ1) is 12.8. The van der Waals surface area contributed by atoms with E-state index < -0.39 is 51.7 Å². The molecule has 0 aromatic rings. The van der Waals surface area contributed by atoms with Crippen LogP contribution in [0.4, 0.5) is 0 Å². The Bertz CT molecular complexity index is 828. The minimum Gasteiger partial charge on any atom is -0.389 e. The molecule has 1 saturated heterocycles. The van der Waals surface area contributed by atoms with Crippen molar-refractivity contribution in [2.24, 2.45) is 15.0 Å². The highest BCUT2D eigenvalue weighted by atomic mass is 32.1. The molecule has 3 heterocycles. The van der Waals surface area contributed by atoms with Crippen LogP contribution in [0.2, 0.25) is 0 Å². The monoisotopic (exact) mass is 460 g/mol. The maximum atomic E-state index is 11.5. The van der Waals surface area contributed by atoms with Crippen LogP contribution < -0.4 is 0 Å². The second-order valence-electron chi connectivity index (χ2n) is 6.22. The van der Waals surface area contributed by atoms with E-state index in [0.29, 0.717) is 0 Å². The number of aliphatic imine (C=N–C) groups is 3. The minimum atomic E-state index is -5.27. The van der Waals surface area contributed by atoms with Crippen LogP contribution >= 0.6 is 28.3 Å². The van der Waals surface area contributed by atoms with Crippen molar-refractivity contribution in [1.82, 2.24) is 4.90 Å². The first-order valence-corrected chi connectivity index (χ1v) is 11.3. The van der Waals surface area contributed by atoms with E-state index in [-0.39, 0.29) is 18.2 Å². The van der Waals surface area contributed by atoms with Crippen molar-refractivity contribution in [1.29, 1.82) is 0 Å². The molecule has 14 nitrogen and oxygen atoms in total. The molecule has 17 heteroatoms. The summed E-state index contributed by atoms with van der Waals surface area (Å²) in [5.74, 6) is 0.274. The third-order valence-electron chi connectivity index (χ3n) is 4.06. The highest BCUT2D eigenvalue weighted by Gasteiger charge is 2.50. The Morgan fingerprint density at radius 2 is 2.11 bits per heavy atom. The summed E-state index contributed by atoms with van der Waals surface area (Å²) >= 11 is 4.29. The predicted molar refractivity (Wildman–Crippen MR) is 97.0 cm³/mol. The smallest absolute Gasteiger partial charge is 0.389 e. The lowest BCUT2D eigenvalue weighted by Crippen LogP contribution is -2.49. The quantitative estimate of drug-likeness (QED) is 0.198. The van der Waals surface area contributed by atoms with Crippen molar-refractivity contribution < 1.29 is 47.6 Å². The number of hydrogen-bond donors (Lipinski definition) is 6. The molecule has 3 aliphatic heterocycles. The zero-order valence-electron chi connectivity index (χ0n) is 14.2. The number of aliphatic hydroxyl groups excluding tert-OH is 1. The summed E-state index contributed by atoms with van der Waals surface area (Å²) in [4.78, 5) is 40.1.